The number of hydrogen-bond acceptors (Lipinski definition) is 6. The summed E-state index contributed by atoms with van der Waals surface area (Å²) >= 11 is 0. The summed E-state index contributed by atoms with van der Waals surface area (Å²) in [6, 6.07) is 7.32. The molecule has 1 aromatic rings. The Balaban J connectivity index is 1.35. The fourth-order valence-corrected chi connectivity index (χ4v) is 3.08. The van der Waals surface area contributed by atoms with E-state index >= 15 is 0 Å². The van der Waals surface area contributed by atoms with E-state index in [0.717, 1.165) is 19.6 Å². The predicted molar refractivity (Wildman–Crippen MR) is 104 cm³/mol. The van der Waals surface area contributed by atoms with E-state index in [0.29, 0.717) is 31.1 Å². The molecule has 3 rings (SSSR count). The summed E-state index contributed by atoms with van der Waals surface area (Å²) in [6.07, 6.45) is -0.908. The third-order valence-corrected chi connectivity index (χ3v) is 4.55. The van der Waals surface area contributed by atoms with Gasteiger partial charge in [-0.3, -0.25) is 9.69 Å². The largest absolute Gasteiger partial charge is 0.485 e. The van der Waals surface area contributed by atoms with Gasteiger partial charge in [0.05, 0.1) is 0 Å². The zero-order chi connectivity index (χ0) is 20.1. The first-order chi connectivity index (χ1) is 13.3. The standard InChI is InChI=1S/C20H29N3O5/c1-20(2,3)28-19(25)23-12-10-22(11-13-23)9-8-21-18(24)17-14-26-15-6-4-5-7-16(15)27-17/h4-7,17H,8-14H2,1-3H3,(H,21,24). The normalized spacial score (nSPS) is 19.8. The molecule has 1 fully saturated rings. The van der Waals surface area contributed by atoms with Crippen LogP contribution in [0.1, 0.15) is 20.8 Å². The number of amides is 2. The Labute approximate surface area is 165 Å². The van der Waals surface area contributed by atoms with E-state index < -0.39 is 11.7 Å². The van der Waals surface area contributed by atoms with Crippen LogP contribution in [0.15, 0.2) is 24.3 Å². The highest BCUT2D eigenvalue weighted by molar-refractivity contribution is 5.81. The van der Waals surface area contributed by atoms with Gasteiger partial charge in [0.2, 0.25) is 6.10 Å². The van der Waals surface area contributed by atoms with Crippen molar-refractivity contribution in [1.29, 1.82) is 0 Å². The molecule has 1 unspecified atom stereocenters. The van der Waals surface area contributed by atoms with Gasteiger partial charge in [0.25, 0.3) is 5.91 Å². The van der Waals surface area contributed by atoms with Crippen molar-refractivity contribution in [2.24, 2.45) is 0 Å². The van der Waals surface area contributed by atoms with Crippen molar-refractivity contribution >= 4 is 12.0 Å². The maximum Gasteiger partial charge on any atom is 0.410 e. The first kappa shape index (κ1) is 20.3. The van der Waals surface area contributed by atoms with Crippen molar-refractivity contribution < 1.29 is 23.8 Å². The molecular formula is C20H29N3O5. The van der Waals surface area contributed by atoms with Crippen molar-refractivity contribution in [3.8, 4) is 11.5 Å². The Bertz CT molecular complexity index is 695. The second-order valence-corrected chi connectivity index (χ2v) is 7.96. The lowest BCUT2D eigenvalue weighted by molar-refractivity contribution is -0.130. The first-order valence-electron chi connectivity index (χ1n) is 9.68. The highest BCUT2D eigenvalue weighted by atomic mass is 16.6. The number of nitrogens with zero attached hydrogens (tertiary/aromatic N) is 2. The van der Waals surface area contributed by atoms with E-state index in [1.807, 2.05) is 39.0 Å². The third kappa shape index (κ3) is 5.51. The molecule has 0 saturated carbocycles. The predicted octanol–water partition coefficient (Wildman–Crippen LogP) is 1.50. The molecule has 2 amide bonds. The summed E-state index contributed by atoms with van der Waals surface area (Å²) in [6.45, 7) is 9.80. The highest BCUT2D eigenvalue weighted by Crippen LogP contribution is 2.30. The monoisotopic (exact) mass is 391 g/mol. The van der Waals surface area contributed by atoms with Gasteiger partial charge in [-0.2, -0.15) is 0 Å². The van der Waals surface area contributed by atoms with Crippen LogP contribution < -0.4 is 14.8 Å². The minimum Gasteiger partial charge on any atom is -0.485 e. The Morgan fingerprint density at radius 2 is 1.82 bits per heavy atom. The zero-order valence-electron chi connectivity index (χ0n) is 16.8. The van der Waals surface area contributed by atoms with Gasteiger partial charge in [0.15, 0.2) is 11.5 Å². The number of carbonyl (C=O) groups excluding carboxylic acids is 2. The SMILES string of the molecule is CC(C)(C)OC(=O)N1CCN(CCNC(=O)C2COc3ccccc3O2)CC1. The van der Waals surface area contributed by atoms with Gasteiger partial charge in [0.1, 0.15) is 12.2 Å². The molecular weight excluding hydrogens is 362 g/mol. The van der Waals surface area contributed by atoms with E-state index in [1.54, 1.807) is 11.0 Å². The number of para-hydroxylation sites is 2. The molecule has 0 bridgehead atoms. The highest BCUT2D eigenvalue weighted by Gasteiger charge is 2.28. The van der Waals surface area contributed by atoms with Crippen molar-refractivity contribution in [1.82, 2.24) is 15.1 Å². The molecule has 2 aliphatic heterocycles. The van der Waals surface area contributed by atoms with Gasteiger partial charge in [0, 0.05) is 39.3 Å². The minimum atomic E-state index is -0.640. The number of hydrogen-bond donors (Lipinski definition) is 1. The van der Waals surface area contributed by atoms with Crippen LogP contribution in [-0.2, 0) is 9.53 Å². The number of nitrogens with one attached hydrogen (secondary N) is 1. The van der Waals surface area contributed by atoms with Crippen molar-refractivity contribution in [3.63, 3.8) is 0 Å². The van der Waals surface area contributed by atoms with Crippen LogP contribution >= 0.6 is 0 Å². The summed E-state index contributed by atoms with van der Waals surface area (Å²) in [7, 11) is 0. The van der Waals surface area contributed by atoms with Gasteiger partial charge in [-0.25, -0.2) is 4.79 Å². The molecule has 0 aliphatic carbocycles. The second kappa shape index (κ2) is 8.68. The Hall–Kier alpha value is -2.48. The number of fused-ring (bicyclic) bond motifs is 1. The Kier molecular flexibility index (Phi) is 6.28. The molecule has 1 atom stereocenters. The van der Waals surface area contributed by atoms with E-state index in [-0.39, 0.29) is 18.6 Å². The van der Waals surface area contributed by atoms with Gasteiger partial charge >= 0.3 is 6.09 Å². The molecule has 1 N–H and O–H groups in total. The van der Waals surface area contributed by atoms with E-state index in [9.17, 15) is 9.59 Å². The van der Waals surface area contributed by atoms with Crippen LogP contribution in [0, 0.1) is 0 Å². The van der Waals surface area contributed by atoms with Crippen LogP contribution in [0.25, 0.3) is 0 Å². The summed E-state index contributed by atoms with van der Waals surface area (Å²) in [5.74, 6) is 1.07. The van der Waals surface area contributed by atoms with Crippen LogP contribution in [0.3, 0.4) is 0 Å². The minimum absolute atomic E-state index is 0.179. The second-order valence-electron chi connectivity index (χ2n) is 7.96. The summed E-state index contributed by atoms with van der Waals surface area (Å²) in [5.41, 5.74) is -0.482. The van der Waals surface area contributed by atoms with Crippen molar-refractivity contribution in [2.75, 3.05) is 45.9 Å². The Morgan fingerprint density at radius 3 is 2.50 bits per heavy atom. The van der Waals surface area contributed by atoms with Crippen LogP contribution in [-0.4, -0.2) is 79.4 Å². The number of ether oxygens (including phenoxy) is 3. The van der Waals surface area contributed by atoms with Crippen LogP contribution in [0.2, 0.25) is 0 Å². The number of carbonyl (C=O) groups is 2. The fraction of sp³-hybridized carbons (Fsp3) is 0.600. The number of benzene rings is 1. The third-order valence-electron chi connectivity index (χ3n) is 4.55. The summed E-state index contributed by atoms with van der Waals surface area (Å²) in [4.78, 5) is 28.4. The van der Waals surface area contributed by atoms with E-state index in [2.05, 4.69) is 10.2 Å². The van der Waals surface area contributed by atoms with Gasteiger partial charge < -0.3 is 24.4 Å². The molecule has 0 aromatic heterocycles. The summed E-state index contributed by atoms with van der Waals surface area (Å²) in [5, 5.41) is 2.90. The molecule has 28 heavy (non-hydrogen) atoms. The van der Waals surface area contributed by atoms with Gasteiger partial charge in [-0.15, -0.1) is 0 Å². The lowest BCUT2D eigenvalue weighted by Crippen LogP contribution is -2.52. The quantitative estimate of drug-likeness (QED) is 0.838. The number of piperazine rings is 1. The van der Waals surface area contributed by atoms with Crippen LogP contribution in [0.5, 0.6) is 11.5 Å². The smallest absolute Gasteiger partial charge is 0.410 e. The van der Waals surface area contributed by atoms with Crippen LogP contribution in [0.4, 0.5) is 4.79 Å². The number of rotatable bonds is 4. The average molecular weight is 391 g/mol. The molecule has 8 nitrogen and oxygen atoms in total. The topological polar surface area (TPSA) is 80.3 Å². The molecule has 0 radical (unpaired) electrons. The van der Waals surface area contributed by atoms with E-state index in [4.69, 9.17) is 14.2 Å². The zero-order valence-corrected chi connectivity index (χ0v) is 16.8. The van der Waals surface area contributed by atoms with Gasteiger partial charge in [-0.1, -0.05) is 12.1 Å². The lowest BCUT2D eigenvalue weighted by atomic mass is 10.2. The summed E-state index contributed by atoms with van der Waals surface area (Å²) < 4.78 is 16.7. The van der Waals surface area contributed by atoms with Crippen molar-refractivity contribution in [3.05, 3.63) is 24.3 Å². The first-order valence-corrected chi connectivity index (χ1v) is 9.68. The average Bonchev–Trinajstić information content (AvgIpc) is 2.66. The van der Waals surface area contributed by atoms with Crippen molar-refractivity contribution in [2.45, 2.75) is 32.5 Å². The molecule has 154 valence electrons. The molecule has 0 spiro atoms. The maximum absolute atomic E-state index is 12.3. The molecule has 1 saturated heterocycles. The molecule has 2 aliphatic rings. The maximum atomic E-state index is 12.3. The molecule has 1 aromatic carbocycles. The van der Waals surface area contributed by atoms with Gasteiger partial charge in [-0.05, 0) is 32.9 Å². The fourth-order valence-electron chi connectivity index (χ4n) is 3.08. The van der Waals surface area contributed by atoms with E-state index in [1.165, 1.54) is 0 Å². The Morgan fingerprint density at radius 1 is 1.14 bits per heavy atom. The molecule has 8 heteroatoms. The lowest BCUT2D eigenvalue weighted by Gasteiger charge is -2.35. The molecule has 2 heterocycles.